The molecular weight excluding hydrogens is 396 g/mol. The van der Waals surface area contributed by atoms with Gasteiger partial charge in [-0.25, -0.2) is 8.42 Å². The van der Waals surface area contributed by atoms with Gasteiger partial charge in [0.1, 0.15) is 12.7 Å². The number of halogens is 1. The fourth-order valence-electron chi connectivity index (χ4n) is 2.70. The summed E-state index contributed by atoms with van der Waals surface area (Å²) in [5, 5.41) is 11.2. The molecule has 3 rings (SSSR count). The van der Waals surface area contributed by atoms with Gasteiger partial charge in [0.25, 0.3) is 5.69 Å². The van der Waals surface area contributed by atoms with Crippen molar-refractivity contribution in [2.75, 3.05) is 20.2 Å². The third-order valence-corrected chi connectivity index (χ3v) is 6.42. The van der Waals surface area contributed by atoms with E-state index < -0.39 is 21.1 Å². The molecular formula is C17H17ClN2O6S. The molecule has 10 heteroatoms. The van der Waals surface area contributed by atoms with Crippen LogP contribution in [0.3, 0.4) is 0 Å². The summed E-state index contributed by atoms with van der Waals surface area (Å²) in [6.07, 6.45) is -0.518. The van der Waals surface area contributed by atoms with E-state index in [1.165, 1.54) is 20.0 Å². The smallest absolute Gasteiger partial charge is 0.275 e. The quantitative estimate of drug-likeness (QED) is 0.553. The monoisotopic (exact) mass is 412 g/mol. The number of hydrogen-bond acceptors (Lipinski definition) is 6. The van der Waals surface area contributed by atoms with E-state index in [-0.39, 0.29) is 34.3 Å². The third-order valence-electron chi connectivity index (χ3n) is 4.22. The van der Waals surface area contributed by atoms with E-state index >= 15 is 0 Å². The highest BCUT2D eigenvalue weighted by molar-refractivity contribution is 7.89. The number of nitro benzene ring substituents is 1. The minimum atomic E-state index is -4.00. The van der Waals surface area contributed by atoms with E-state index in [2.05, 4.69) is 0 Å². The zero-order valence-corrected chi connectivity index (χ0v) is 16.2. The summed E-state index contributed by atoms with van der Waals surface area (Å²) in [5.74, 6) is 1.13. The van der Waals surface area contributed by atoms with Crippen molar-refractivity contribution in [1.82, 2.24) is 4.31 Å². The number of nitro groups is 1. The van der Waals surface area contributed by atoms with Crippen molar-refractivity contribution < 1.29 is 22.8 Å². The SMILES string of the molecule is Cc1c(Cl)cc(S(=O)(=O)N(C)C[C@@H]2COc3ccccc3O2)cc1[N+](=O)[O-]. The second kappa shape index (κ2) is 7.34. The Bertz CT molecular complexity index is 995. The Morgan fingerprint density at radius 3 is 2.63 bits per heavy atom. The summed E-state index contributed by atoms with van der Waals surface area (Å²) in [7, 11) is -2.63. The van der Waals surface area contributed by atoms with E-state index in [1.807, 2.05) is 6.07 Å². The fraction of sp³-hybridized carbons (Fsp3) is 0.294. The first-order valence-corrected chi connectivity index (χ1v) is 9.81. The number of nitrogens with zero attached hydrogens (tertiary/aromatic N) is 2. The van der Waals surface area contributed by atoms with Crippen LogP contribution in [0.2, 0.25) is 5.02 Å². The van der Waals surface area contributed by atoms with Crippen LogP contribution in [0.1, 0.15) is 5.56 Å². The van der Waals surface area contributed by atoms with Crippen molar-refractivity contribution >= 4 is 27.3 Å². The maximum absolute atomic E-state index is 12.8. The largest absolute Gasteiger partial charge is 0.486 e. The van der Waals surface area contributed by atoms with Gasteiger partial charge in [0.15, 0.2) is 11.5 Å². The number of para-hydroxylation sites is 2. The van der Waals surface area contributed by atoms with Gasteiger partial charge in [-0.05, 0) is 25.1 Å². The molecule has 0 amide bonds. The Morgan fingerprint density at radius 2 is 1.96 bits per heavy atom. The van der Waals surface area contributed by atoms with Gasteiger partial charge in [0, 0.05) is 18.7 Å². The van der Waals surface area contributed by atoms with E-state index in [9.17, 15) is 18.5 Å². The van der Waals surface area contributed by atoms with Crippen LogP contribution in [0.25, 0.3) is 0 Å². The molecule has 27 heavy (non-hydrogen) atoms. The van der Waals surface area contributed by atoms with Crippen molar-refractivity contribution in [3.63, 3.8) is 0 Å². The molecule has 0 N–H and O–H groups in total. The fourth-order valence-corrected chi connectivity index (χ4v) is 4.23. The molecule has 1 aliphatic rings. The molecule has 0 radical (unpaired) electrons. The van der Waals surface area contributed by atoms with Crippen LogP contribution in [-0.4, -0.2) is 43.9 Å². The molecule has 0 unspecified atom stereocenters. The first kappa shape index (κ1) is 19.4. The summed E-state index contributed by atoms with van der Waals surface area (Å²) in [6.45, 7) is 1.66. The van der Waals surface area contributed by atoms with Crippen LogP contribution in [-0.2, 0) is 10.0 Å². The van der Waals surface area contributed by atoms with Gasteiger partial charge in [-0.1, -0.05) is 23.7 Å². The third kappa shape index (κ3) is 3.85. The molecule has 1 heterocycles. The number of sulfonamides is 1. The second-order valence-electron chi connectivity index (χ2n) is 6.09. The first-order valence-electron chi connectivity index (χ1n) is 7.99. The molecule has 0 saturated heterocycles. The van der Waals surface area contributed by atoms with Gasteiger partial charge in [0.2, 0.25) is 10.0 Å². The number of fused-ring (bicyclic) bond motifs is 1. The Morgan fingerprint density at radius 1 is 1.30 bits per heavy atom. The number of rotatable bonds is 5. The normalized spacial score (nSPS) is 16.4. The molecule has 0 bridgehead atoms. The summed E-state index contributed by atoms with van der Waals surface area (Å²) < 4.78 is 38.1. The lowest BCUT2D eigenvalue weighted by Gasteiger charge is -2.29. The van der Waals surface area contributed by atoms with Crippen molar-refractivity contribution in [1.29, 1.82) is 0 Å². The molecule has 0 saturated carbocycles. The van der Waals surface area contributed by atoms with Crippen LogP contribution < -0.4 is 9.47 Å². The molecule has 0 fully saturated rings. The zero-order chi connectivity index (χ0) is 19.8. The predicted molar refractivity (Wildman–Crippen MR) is 99.0 cm³/mol. The van der Waals surface area contributed by atoms with Crippen LogP contribution >= 0.6 is 11.6 Å². The lowest BCUT2D eigenvalue weighted by atomic mass is 10.2. The van der Waals surface area contributed by atoms with Gasteiger partial charge in [-0.2, -0.15) is 4.31 Å². The molecule has 1 atom stereocenters. The van der Waals surface area contributed by atoms with Crippen molar-refractivity contribution in [2.24, 2.45) is 0 Å². The lowest BCUT2D eigenvalue weighted by Crippen LogP contribution is -2.41. The molecule has 0 aromatic heterocycles. The average Bonchev–Trinajstić information content (AvgIpc) is 2.63. The lowest BCUT2D eigenvalue weighted by molar-refractivity contribution is -0.385. The number of benzene rings is 2. The van der Waals surface area contributed by atoms with Gasteiger partial charge in [0.05, 0.1) is 21.4 Å². The molecule has 144 valence electrons. The van der Waals surface area contributed by atoms with E-state index in [0.717, 1.165) is 10.4 Å². The van der Waals surface area contributed by atoms with Gasteiger partial charge < -0.3 is 9.47 Å². The summed E-state index contributed by atoms with van der Waals surface area (Å²) in [6, 6.07) is 9.33. The highest BCUT2D eigenvalue weighted by Crippen LogP contribution is 2.33. The van der Waals surface area contributed by atoms with Crippen molar-refractivity contribution in [3.8, 4) is 11.5 Å². The molecule has 0 aliphatic carbocycles. The Labute approximate surface area is 161 Å². The highest BCUT2D eigenvalue weighted by atomic mass is 35.5. The van der Waals surface area contributed by atoms with E-state index in [0.29, 0.717) is 11.5 Å². The maximum Gasteiger partial charge on any atom is 0.275 e. The topological polar surface area (TPSA) is 99.0 Å². The minimum absolute atomic E-state index is 0.00988. The van der Waals surface area contributed by atoms with Crippen molar-refractivity contribution in [2.45, 2.75) is 17.9 Å². The average molecular weight is 413 g/mol. The molecule has 2 aromatic carbocycles. The maximum atomic E-state index is 12.8. The number of hydrogen-bond donors (Lipinski definition) is 0. The van der Waals surface area contributed by atoms with Gasteiger partial charge in [-0.3, -0.25) is 10.1 Å². The predicted octanol–water partition coefficient (Wildman–Crippen LogP) is 3.02. The summed E-state index contributed by atoms with van der Waals surface area (Å²) in [5.41, 5.74) is -0.135. The molecule has 0 spiro atoms. The van der Waals surface area contributed by atoms with Gasteiger partial charge >= 0.3 is 0 Å². The van der Waals surface area contributed by atoms with E-state index in [1.54, 1.807) is 18.2 Å². The Hall–Kier alpha value is -2.36. The Kier molecular flexibility index (Phi) is 5.27. The summed E-state index contributed by atoms with van der Waals surface area (Å²) >= 11 is 5.99. The number of likely N-dealkylation sites (N-methyl/N-ethyl adjacent to an activating group) is 1. The van der Waals surface area contributed by atoms with Crippen molar-refractivity contribution in [3.05, 3.63) is 57.1 Å². The number of ether oxygens (including phenoxy) is 2. The highest BCUT2D eigenvalue weighted by Gasteiger charge is 2.30. The molecule has 1 aliphatic heterocycles. The minimum Gasteiger partial charge on any atom is -0.486 e. The van der Waals surface area contributed by atoms with Crippen LogP contribution in [0.15, 0.2) is 41.3 Å². The second-order valence-corrected chi connectivity index (χ2v) is 8.54. The Balaban J connectivity index is 1.82. The first-order chi connectivity index (χ1) is 12.7. The zero-order valence-electron chi connectivity index (χ0n) is 14.6. The standard InChI is InChI=1S/C17H17ClN2O6S/c1-11-14(18)7-13(8-15(11)20(21)22)27(23,24)19(2)9-12-10-25-16-5-3-4-6-17(16)26-12/h3-8,12H,9-10H2,1-2H3/t12-/m1/s1. The molecule has 8 nitrogen and oxygen atoms in total. The van der Waals surface area contributed by atoms with E-state index in [4.69, 9.17) is 21.1 Å². The summed E-state index contributed by atoms with van der Waals surface area (Å²) in [4.78, 5) is 10.3. The van der Waals surface area contributed by atoms with Crippen LogP contribution in [0.4, 0.5) is 5.69 Å². The van der Waals surface area contributed by atoms with Gasteiger partial charge in [-0.15, -0.1) is 0 Å². The van der Waals surface area contributed by atoms with Crippen LogP contribution in [0, 0.1) is 17.0 Å². The van der Waals surface area contributed by atoms with Crippen LogP contribution in [0.5, 0.6) is 11.5 Å². The molecule has 2 aromatic rings.